The van der Waals surface area contributed by atoms with Gasteiger partial charge in [-0.3, -0.25) is 4.98 Å². The number of aromatic nitrogens is 1. The number of hydrogen-bond acceptors (Lipinski definition) is 3. The quantitative estimate of drug-likeness (QED) is 0.383. The van der Waals surface area contributed by atoms with Crippen LogP contribution in [0.15, 0.2) is 36.7 Å². The van der Waals surface area contributed by atoms with Crippen molar-refractivity contribution in [2.75, 3.05) is 5.32 Å². The van der Waals surface area contributed by atoms with Crippen molar-refractivity contribution >= 4 is 33.8 Å². The molecule has 1 heterocycles. The Hall–Kier alpha value is -1.72. The van der Waals surface area contributed by atoms with Crippen molar-refractivity contribution in [3.63, 3.8) is 0 Å². The molecule has 0 amide bonds. The van der Waals surface area contributed by atoms with E-state index in [-0.39, 0.29) is 0 Å². The first-order chi connectivity index (χ1) is 7.31. The Balaban J connectivity index is 2.46. The number of benzene rings is 1. The van der Waals surface area contributed by atoms with Crippen LogP contribution >= 0.6 is 12.2 Å². The molecule has 0 saturated carbocycles. The van der Waals surface area contributed by atoms with Crippen LogP contribution in [0, 0.1) is 0 Å². The predicted molar refractivity (Wildman–Crippen MR) is 65.3 cm³/mol. The smallest absolute Gasteiger partial charge is 0.185 e. The fourth-order valence-corrected chi connectivity index (χ4v) is 1.50. The summed E-state index contributed by atoms with van der Waals surface area (Å²) in [5.74, 6) is 5.20. The van der Waals surface area contributed by atoms with Gasteiger partial charge in [0, 0.05) is 28.9 Å². The third kappa shape index (κ3) is 2.03. The van der Waals surface area contributed by atoms with E-state index in [0.717, 1.165) is 16.5 Å². The molecule has 0 saturated heterocycles. The first-order valence-corrected chi connectivity index (χ1v) is 4.82. The molecule has 15 heavy (non-hydrogen) atoms. The summed E-state index contributed by atoms with van der Waals surface area (Å²) >= 11 is 4.94. The second-order valence-electron chi connectivity index (χ2n) is 3.00. The van der Waals surface area contributed by atoms with Crippen molar-refractivity contribution < 1.29 is 0 Å². The van der Waals surface area contributed by atoms with Crippen LogP contribution in [-0.4, -0.2) is 10.1 Å². The van der Waals surface area contributed by atoms with Gasteiger partial charge in [0.2, 0.25) is 0 Å². The number of hydrazine groups is 1. The lowest BCUT2D eigenvalue weighted by atomic mass is 10.1. The Morgan fingerprint density at radius 1 is 1.33 bits per heavy atom. The number of pyridine rings is 1. The Morgan fingerprint density at radius 2 is 2.20 bits per heavy atom. The van der Waals surface area contributed by atoms with Crippen molar-refractivity contribution in [1.82, 2.24) is 10.4 Å². The average Bonchev–Trinajstić information content (AvgIpc) is 2.29. The van der Waals surface area contributed by atoms with Crippen LogP contribution < -0.4 is 16.6 Å². The van der Waals surface area contributed by atoms with Gasteiger partial charge < -0.3 is 10.7 Å². The number of fused-ring (bicyclic) bond motifs is 1. The van der Waals surface area contributed by atoms with Gasteiger partial charge in [0.1, 0.15) is 0 Å². The van der Waals surface area contributed by atoms with E-state index in [1.54, 1.807) is 12.4 Å². The van der Waals surface area contributed by atoms with Crippen LogP contribution in [0.5, 0.6) is 0 Å². The van der Waals surface area contributed by atoms with Gasteiger partial charge in [-0.2, -0.15) is 0 Å². The first kappa shape index (κ1) is 9.82. The molecule has 2 rings (SSSR count). The molecule has 0 unspecified atom stereocenters. The molecule has 2 aromatic rings. The minimum Gasteiger partial charge on any atom is -0.331 e. The fourth-order valence-electron chi connectivity index (χ4n) is 1.39. The number of nitrogens with one attached hydrogen (secondary N) is 2. The molecule has 0 atom stereocenters. The molecule has 1 aromatic carbocycles. The largest absolute Gasteiger partial charge is 0.331 e. The lowest BCUT2D eigenvalue weighted by Gasteiger charge is -2.09. The first-order valence-electron chi connectivity index (χ1n) is 4.41. The highest BCUT2D eigenvalue weighted by Gasteiger charge is 2.00. The number of hydrogen-bond donors (Lipinski definition) is 3. The van der Waals surface area contributed by atoms with Gasteiger partial charge in [-0.25, -0.2) is 5.84 Å². The van der Waals surface area contributed by atoms with E-state index in [0.29, 0.717) is 5.11 Å². The minimum atomic E-state index is 0.388. The van der Waals surface area contributed by atoms with E-state index in [9.17, 15) is 0 Å². The summed E-state index contributed by atoms with van der Waals surface area (Å²) in [4.78, 5) is 4.05. The third-order valence-electron chi connectivity index (χ3n) is 2.06. The van der Waals surface area contributed by atoms with Gasteiger partial charge in [-0.15, -0.1) is 0 Å². The summed E-state index contributed by atoms with van der Waals surface area (Å²) in [6.07, 6.45) is 3.55. The fraction of sp³-hybridized carbons (Fsp3) is 0. The van der Waals surface area contributed by atoms with Crippen molar-refractivity contribution in [2.45, 2.75) is 0 Å². The van der Waals surface area contributed by atoms with E-state index in [1.165, 1.54) is 0 Å². The molecule has 0 aliphatic rings. The maximum absolute atomic E-state index is 5.20. The highest BCUT2D eigenvalue weighted by Crippen LogP contribution is 2.21. The SMILES string of the molecule is NNC(=S)Nc1cccc2cnccc12. The van der Waals surface area contributed by atoms with Crippen LogP contribution in [0.2, 0.25) is 0 Å². The van der Waals surface area contributed by atoms with Crippen molar-refractivity contribution in [3.05, 3.63) is 36.7 Å². The van der Waals surface area contributed by atoms with Gasteiger partial charge in [-0.1, -0.05) is 12.1 Å². The van der Waals surface area contributed by atoms with Gasteiger partial charge >= 0.3 is 0 Å². The average molecular weight is 218 g/mol. The second kappa shape index (κ2) is 4.20. The Kier molecular flexibility index (Phi) is 2.75. The monoisotopic (exact) mass is 218 g/mol. The van der Waals surface area contributed by atoms with Crippen molar-refractivity contribution in [3.8, 4) is 0 Å². The molecule has 4 N–H and O–H groups in total. The molecule has 0 aliphatic heterocycles. The zero-order valence-corrected chi connectivity index (χ0v) is 8.71. The molecule has 0 spiro atoms. The molecule has 0 aliphatic carbocycles. The lowest BCUT2D eigenvalue weighted by molar-refractivity contribution is 1.04. The maximum atomic E-state index is 5.20. The van der Waals surface area contributed by atoms with Crippen molar-refractivity contribution in [2.24, 2.45) is 5.84 Å². The molecule has 1 aromatic heterocycles. The lowest BCUT2D eigenvalue weighted by Crippen LogP contribution is -2.34. The van der Waals surface area contributed by atoms with Crippen LogP contribution in [0.25, 0.3) is 10.8 Å². The van der Waals surface area contributed by atoms with Crippen LogP contribution in [-0.2, 0) is 0 Å². The van der Waals surface area contributed by atoms with Crippen LogP contribution in [0.3, 0.4) is 0 Å². The topological polar surface area (TPSA) is 63.0 Å². The van der Waals surface area contributed by atoms with E-state index >= 15 is 0 Å². The summed E-state index contributed by atoms with van der Waals surface area (Å²) in [5, 5.41) is 5.51. The number of nitrogens with zero attached hydrogens (tertiary/aromatic N) is 1. The van der Waals surface area contributed by atoms with Crippen LogP contribution in [0.4, 0.5) is 5.69 Å². The standard InChI is InChI=1S/C10H10N4S/c11-14-10(15)13-9-3-1-2-7-6-12-5-4-8(7)9/h1-6H,11H2,(H2,13,14,15). The number of nitrogens with two attached hydrogens (primary N) is 1. The normalized spacial score (nSPS) is 9.93. The summed E-state index contributed by atoms with van der Waals surface area (Å²) in [7, 11) is 0. The van der Waals surface area contributed by atoms with E-state index in [1.807, 2.05) is 24.3 Å². The number of anilines is 1. The molecule has 0 radical (unpaired) electrons. The highest BCUT2D eigenvalue weighted by molar-refractivity contribution is 7.80. The van der Waals surface area contributed by atoms with E-state index in [4.69, 9.17) is 18.1 Å². The minimum absolute atomic E-state index is 0.388. The van der Waals surface area contributed by atoms with E-state index in [2.05, 4.69) is 15.7 Å². The molecular formula is C10H10N4S. The molecule has 76 valence electrons. The molecular weight excluding hydrogens is 208 g/mol. The van der Waals surface area contributed by atoms with Crippen molar-refractivity contribution in [1.29, 1.82) is 0 Å². The number of rotatable bonds is 1. The number of thiocarbonyl (C=S) groups is 1. The predicted octanol–water partition coefficient (Wildman–Crippen LogP) is 1.39. The highest BCUT2D eigenvalue weighted by atomic mass is 32.1. The van der Waals surface area contributed by atoms with Crippen LogP contribution in [0.1, 0.15) is 0 Å². The third-order valence-corrected chi connectivity index (χ3v) is 2.28. The van der Waals surface area contributed by atoms with Gasteiger partial charge in [0.05, 0.1) is 0 Å². The molecule has 0 bridgehead atoms. The summed E-state index contributed by atoms with van der Waals surface area (Å²) < 4.78 is 0. The zero-order chi connectivity index (χ0) is 10.7. The summed E-state index contributed by atoms with van der Waals surface area (Å²) in [6, 6.07) is 7.79. The van der Waals surface area contributed by atoms with E-state index < -0.39 is 0 Å². The second-order valence-corrected chi connectivity index (χ2v) is 3.41. The summed E-state index contributed by atoms with van der Waals surface area (Å²) in [6.45, 7) is 0. The summed E-state index contributed by atoms with van der Waals surface area (Å²) in [5.41, 5.74) is 3.30. The Labute approximate surface area is 92.5 Å². The molecule has 4 nitrogen and oxygen atoms in total. The Morgan fingerprint density at radius 3 is 3.00 bits per heavy atom. The Bertz CT molecular complexity index is 492. The van der Waals surface area contributed by atoms with Gasteiger partial charge in [0.15, 0.2) is 5.11 Å². The molecule has 5 heteroatoms. The molecule has 0 fully saturated rings. The van der Waals surface area contributed by atoms with Gasteiger partial charge in [0.25, 0.3) is 0 Å². The van der Waals surface area contributed by atoms with Gasteiger partial charge in [-0.05, 0) is 24.4 Å². The maximum Gasteiger partial charge on any atom is 0.185 e. The zero-order valence-electron chi connectivity index (χ0n) is 7.90.